The van der Waals surface area contributed by atoms with Gasteiger partial charge in [0.05, 0.1) is 24.7 Å². The maximum atomic E-state index is 11.8. The molecule has 0 aliphatic carbocycles. The lowest BCUT2D eigenvalue weighted by molar-refractivity contribution is 0.0593. The Morgan fingerprint density at radius 1 is 0.913 bits per heavy atom. The lowest BCUT2D eigenvalue weighted by atomic mass is 10.0. The molecule has 0 fully saturated rings. The van der Waals surface area contributed by atoms with E-state index in [1.54, 1.807) is 0 Å². The Labute approximate surface area is 134 Å². The summed E-state index contributed by atoms with van der Waals surface area (Å²) in [6.07, 6.45) is 1.45. The average Bonchev–Trinajstić information content (AvgIpc) is 2.62. The van der Waals surface area contributed by atoms with Crippen LogP contribution < -0.4 is 0 Å². The van der Waals surface area contributed by atoms with Gasteiger partial charge in [-0.2, -0.15) is 0 Å². The first-order valence-electron chi connectivity index (χ1n) is 7.27. The molecule has 2 aromatic carbocycles. The highest BCUT2D eigenvalue weighted by molar-refractivity contribution is 5.89. The number of esters is 1. The molecule has 0 radical (unpaired) electrons. The van der Waals surface area contributed by atoms with Gasteiger partial charge in [0.25, 0.3) is 0 Å². The van der Waals surface area contributed by atoms with Gasteiger partial charge in [0, 0.05) is 11.1 Å². The molecule has 0 amide bonds. The van der Waals surface area contributed by atoms with Crippen LogP contribution in [0.2, 0.25) is 0 Å². The fraction of sp³-hybridized carbons (Fsp3) is 0.105. The zero-order valence-corrected chi connectivity index (χ0v) is 13.0. The van der Waals surface area contributed by atoms with E-state index in [1.165, 1.54) is 13.3 Å². The fourth-order valence-corrected chi connectivity index (χ4v) is 2.31. The highest BCUT2D eigenvalue weighted by atomic mass is 16.5. The predicted octanol–water partition coefficient (Wildman–Crippen LogP) is 3.91. The van der Waals surface area contributed by atoms with Gasteiger partial charge in [-0.25, -0.2) is 9.78 Å². The average molecular weight is 304 g/mol. The molecule has 4 nitrogen and oxygen atoms in total. The Balaban J connectivity index is 2.19. The van der Waals surface area contributed by atoms with E-state index in [9.17, 15) is 4.79 Å². The standard InChI is InChI=1S/C19H16N2O2/c1-13-8-10-15(11-9-13)18-17(14-6-4-3-5-7-14)20-12-16(21-18)19(22)23-2/h3-12H,1-2H3. The number of benzene rings is 2. The van der Waals surface area contributed by atoms with Crippen molar-refractivity contribution in [3.63, 3.8) is 0 Å². The van der Waals surface area contributed by atoms with Crippen molar-refractivity contribution in [3.05, 3.63) is 72.1 Å². The van der Waals surface area contributed by atoms with Crippen LogP contribution in [0.15, 0.2) is 60.8 Å². The van der Waals surface area contributed by atoms with E-state index in [0.29, 0.717) is 5.69 Å². The van der Waals surface area contributed by atoms with Crippen molar-refractivity contribution in [3.8, 4) is 22.5 Å². The molecule has 0 unspecified atom stereocenters. The van der Waals surface area contributed by atoms with Crippen LogP contribution in [0.4, 0.5) is 0 Å². The molecule has 0 N–H and O–H groups in total. The summed E-state index contributed by atoms with van der Waals surface area (Å²) in [5, 5.41) is 0. The number of hydrogen-bond acceptors (Lipinski definition) is 4. The van der Waals surface area contributed by atoms with Crippen LogP contribution in [0.5, 0.6) is 0 Å². The molecule has 1 aromatic heterocycles. The summed E-state index contributed by atoms with van der Waals surface area (Å²) in [6.45, 7) is 2.03. The first-order chi connectivity index (χ1) is 11.2. The van der Waals surface area contributed by atoms with E-state index in [2.05, 4.69) is 9.97 Å². The van der Waals surface area contributed by atoms with Crippen molar-refractivity contribution in [1.29, 1.82) is 0 Å². The molecule has 0 atom stereocenters. The maximum Gasteiger partial charge on any atom is 0.358 e. The van der Waals surface area contributed by atoms with Crippen molar-refractivity contribution in [2.45, 2.75) is 6.92 Å². The van der Waals surface area contributed by atoms with Crippen molar-refractivity contribution in [2.24, 2.45) is 0 Å². The molecule has 3 aromatic rings. The Kier molecular flexibility index (Phi) is 4.15. The van der Waals surface area contributed by atoms with Crippen LogP contribution in [0.25, 0.3) is 22.5 Å². The first kappa shape index (κ1) is 14.9. The molecule has 0 spiro atoms. The molecule has 114 valence electrons. The number of ether oxygens (including phenoxy) is 1. The second kappa shape index (κ2) is 6.40. The van der Waals surface area contributed by atoms with Gasteiger partial charge in [0.15, 0.2) is 5.69 Å². The third-order valence-corrected chi connectivity index (χ3v) is 3.54. The van der Waals surface area contributed by atoms with Crippen LogP contribution in [-0.4, -0.2) is 23.0 Å². The molecular formula is C19H16N2O2. The van der Waals surface area contributed by atoms with Crippen LogP contribution >= 0.6 is 0 Å². The summed E-state index contributed by atoms with van der Waals surface area (Å²) in [7, 11) is 1.33. The van der Waals surface area contributed by atoms with Crippen molar-refractivity contribution in [1.82, 2.24) is 9.97 Å². The summed E-state index contributed by atoms with van der Waals surface area (Å²) in [4.78, 5) is 20.7. The van der Waals surface area contributed by atoms with Gasteiger partial charge in [0.1, 0.15) is 0 Å². The minimum Gasteiger partial charge on any atom is -0.464 e. The lowest BCUT2D eigenvalue weighted by Gasteiger charge is -2.10. The quantitative estimate of drug-likeness (QED) is 0.688. The molecular weight excluding hydrogens is 288 g/mol. The molecule has 23 heavy (non-hydrogen) atoms. The number of carbonyl (C=O) groups excluding carboxylic acids is 1. The Bertz CT molecular complexity index is 828. The fourth-order valence-electron chi connectivity index (χ4n) is 2.31. The number of aromatic nitrogens is 2. The minimum absolute atomic E-state index is 0.197. The summed E-state index contributed by atoms with van der Waals surface area (Å²) >= 11 is 0. The van der Waals surface area contributed by atoms with E-state index < -0.39 is 5.97 Å². The lowest BCUT2D eigenvalue weighted by Crippen LogP contribution is -2.07. The third-order valence-electron chi connectivity index (χ3n) is 3.54. The molecule has 0 saturated heterocycles. The second-order valence-electron chi connectivity index (χ2n) is 5.18. The SMILES string of the molecule is COC(=O)c1cnc(-c2ccccc2)c(-c2ccc(C)cc2)n1. The van der Waals surface area contributed by atoms with Crippen LogP contribution in [0, 0.1) is 6.92 Å². The summed E-state index contributed by atoms with van der Waals surface area (Å²) in [5.74, 6) is -0.495. The number of carbonyl (C=O) groups is 1. The van der Waals surface area contributed by atoms with Crippen LogP contribution in [0.1, 0.15) is 16.1 Å². The van der Waals surface area contributed by atoms with Gasteiger partial charge in [-0.3, -0.25) is 4.98 Å². The highest BCUT2D eigenvalue weighted by Crippen LogP contribution is 2.29. The molecule has 0 bridgehead atoms. The predicted molar refractivity (Wildman–Crippen MR) is 89.0 cm³/mol. The van der Waals surface area contributed by atoms with E-state index in [0.717, 1.165) is 22.4 Å². The summed E-state index contributed by atoms with van der Waals surface area (Å²) < 4.78 is 4.75. The largest absolute Gasteiger partial charge is 0.464 e. The van der Waals surface area contributed by atoms with Crippen molar-refractivity contribution < 1.29 is 9.53 Å². The number of rotatable bonds is 3. The zero-order chi connectivity index (χ0) is 16.2. The van der Waals surface area contributed by atoms with Crippen molar-refractivity contribution >= 4 is 5.97 Å². The normalized spacial score (nSPS) is 10.3. The molecule has 3 rings (SSSR count). The van der Waals surface area contributed by atoms with Gasteiger partial charge < -0.3 is 4.74 Å². The maximum absolute atomic E-state index is 11.8. The zero-order valence-electron chi connectivity index (χ0n) is 13.0. The first-order valence-corrected chi connectivity index (χ1v) is 7.27. The van der Waals surface area contributed by atoms with E-state index in [1.807, 2.05) is 61.5 Å². The Hall–Kier alpha value is -3.01. The molecule has 0 aliphatic heterocycles. The summed E-state index contributed by atoms with van der Waals surface area (Å²) in [6, 6.07) is 17.8. The number of nitrogens with zero attached hydrogens (tertiary/aromatic N) is 2. The number of methoxy groups -OCH3 is 1. The Morgan fingerprint density at radius 2 is 1.57 bits per heavy atom. The van der Waals surface area contributed by atoms with Gasteiger partial charge in [-0.05, 0) is 6.92 Å². The molecule has 4 heteroatoms. The van der Waals surface area contributed by atoms with E-state index >= 15 is 0 Å². The van der Waals surface area contributed by atoms with Crippen molar-refractivity contribution in [2.75, 3.05) is 7.11 Å². The monoisotopic (exact) mass is 304 g/mol. The van der Waals surface area contributed by atoms with Gasteiger partial charge in [-0.1, -0.05) is 60.2 Å². The molecule has 0 saturated carbocycles. The number of hydrogen-bond donors (Lipinski definition) is 0. The third kappa shape index (κ3) is 3.11. The van der Waals surface area contributed by atoms with Gasteiger partial charge >= 0.3 is 5.97 Å². The van der Waals surface area contributed by atoms with Gasteiger partial charge in [-0.15, -0.1) is 0 Å². The Morgan fingerprint density at radius 3 is 2.22 bits per heavy atom. The number of aryl methyl sites for hydroxylation is 1. The smallest absolute Gasteiger partial charge is 0.358 e. The molecule has 0 aliphatic rings. The highest BCUT2D eigenvalue weighted by Gasteiger charge is 2.15. The van der Waals surface area contributed by atoms with Crippen LogP contribution in [0.3, 0.4) is 0 Å². The van der Waals surface area contributed by atoms with Gasteiger partial charge in [0.2, 0.25) is 0 Å². The van der Waals surface area contributed by atoms with Crippen LogP contribution in [-0.2, 0) is 4.74 Å². The summed E-state index contributed by atoms with van der Waals surface area (Å²) in [5.41, 5.74) is 4.62. The topological polar surface area (TPSA) is 52.1 Å². The van der Waals surface area contributed by atoms with E-state index in [-0.39, 0.29) is 5.69 Å². The molecule has 1 heterocycles. The second-order valence-corrected chi connectivity index (χ2v) is 5.18. The van der Waals surface area contributed by atoms with E-state index in [4.69, 9.17) is 4.74 Å². The minimum atomic E-state index is -0.495.